The van der Waals surface area contributed by atoms with E-state index in [1.807, 2.05) is 27.7 Å². The molecule has 0 saturated heterocycles. The molecule has 0 fully saturated rings. The SMILES string of the molecule is CC.CCCc1nc(C(=O)OCC)c(C(C)(C)OC)[nH]1. The zero-order chi connectivity index (χ0) is 15.8. The lowest BCUT2D eigenvalue weighted by molar-refractivity contribution is 0.0133. The van der Waals surface area contributed by atoms with Gasteiger partial charge in [0.2, 0.25) is 0 Å². The van der Waals surface area contributed by atoms with E-state index in [1.165, 1.54) is 0 Å². The number of aromatic amines is 1. The van der Waals surface area contributed by atoms with Gasteiger partial charge in [0.05, 0.1) is 12.3 Å². The van der Waals surface area contributed by atoms with Crippen LogP contribution in [-0.2, 0) is 21.5 Å². The third-order valence-corrected chi connectivity index (χ3v) is 2.82. The van der Waals surface area contributed by atoms with Crippen LogP contribution in [0.4, 0.5) is 0 Å². The molecule has 20 heavy (non-hydrogen) atoms. The van der Waals surface area contributed by atoms with Crippen molar-refractivity contribution in [2.75, 3.05) is 13.7 Å². The Hall–Kier alpha value is -1.36. The molecule has 0 aliphatic carbocycles. The molecule has 0 saturated carbocycles. The molecule has 1 N–H and O–H groups in total. The number of carbonyl (C=O) groups excluding carboxylic acids is 1. The van der Waals surface area contributed by atoms with Gasteiger partial charge in [-0.15, -0.1) is 0 Å². The molecule has 1 aromatic heterocycles. The number of aryl methyl sites for hydroxylation is 1. The van der Waals surface area contributed by atoms with Crippen molar-refractivity contribution in [3.8, 4) is 0 Å². The average molecular weight is 284 g/mol. The number of nitrogens with zero attached hydrogens (tertiary/aromatic N) is 1. The van der Waals surface area contributed by atoms with E-state index in [0.717, 1.165) is 18.7 Å². The van der Waals surface area contributed by atoms with Gasteiger partial charge in [-0.2, -0.15) is 0 Å². The Morgan fingerprint density at radius 1 is 1.30 bits per heavy atom. The maximum absolute atomic E-state index is 11.9. The van der Waals surface area contributed by atoms with E-state index < -0.39 is 11.6 Å². The molecule has 1 heterocycles. The van der Waals surface area contributed by atoms with Crippen LogP contribution in [-0.4, -0.2) is 29.7 Å². The molecule has 0 aromatic carbocycles. The summed E-state index contributed by atoms with van der Waals surface area (Å²) < 4.78 is 10.4. The molecule has 1 aromatic rings. The molecule has 5 nitrogen and oxygen atoms in total. The molecule has 116 valence electrons. The Kier molecular flexibility index (Phi) is 8.15. The monoisotopic (exact) mass is 284 g/mol. The van der Waals surface area contributed by atoms with Gasteiger partial charge in [-0.05, 0) is 27.2 Å². The molecule has 0 atom stereocenters. The van der Waals surface area contributed by atoms with Crippen molar-refractivity contribution in [1.82, 2.24) is 9.97 Å². The molecule has 1 rings (SSSR count). The van der Waals surface area contributed by atoms with Gasteiger partial charge in [0.1, 0.15) is 11.4 Å². The molecule has 0 amide bonds. The first-order valence-corrected chi connectivity index (χ1v) is 7.27. The van der Waals surface area contributed by atoms with Crippen LogP contribution in [0.25, 0.3) is 0 Å². The van der Waals surface area contributed by atoms with E-state index in [2.05, 4.69) is 16.9 Å². The minimum absolute atomic E-state index is 0.326. The van der Waals surface area contributed by atoms with Crippen LogP contribution in [0.5, 0.6) is 0 Å². The smallest absolute Gasteiger partial charge is 0.358 e. The van der Waals surface area contributed by atoms with Crippen LogP contribution < -0.4 is 0 Å². The summed E-state index contributed by atoms with van der Waals surface area (Å²) in [5, 5.41) is 0. The van der Waals surface area contributed by atoms with Crippen molar-refractivity contribution < 1.29 is 14.3 Å². The second-order valence-electron chi connectivity index (χ2n) is 4.59. The third kappa shape index (κ3) is 4.63. The van der Waals surface area contributed by atoms with Crippen molar-refractivity contribution in [1.29, 1.82) is 0 Å². The summed E-state index contributed by atoms with van der Waals surface area (Å²) in [6, 6.07) is 0. The Morgan fingerprint density at radius 2 is 1.90 bits per heavy atom. The summed E-state index contributed by atoms with van der Waals surface area (Å²) in [4.78, 5) is 19.4. The number of hydrogen-bond acceptors (Lipinski definition) is 4. The zero-order valence-electron chi connectivity index (χ0n) is 13.8. The van der Waals surface area contributed by atoms with Crippen LogP contribution in [0.1, 0.15) is 70.0 Å². The summed E-state index contributed by atoms with van der Waals surface area (Å²) in [6.45, 7) is 12.0. The van der Waals surface area contributed by atoms with E-state index in [4.69, 9.17) is 9.47 Å². The summed E-state index contributed by atoms with van der Waals surface area (Å²) in [6.07, 6.45) is 1.76. The highest BCUT2D eigenvalue weighted by atomic mass is 16.5. The number of imidazole rings is 1. The number of aromatic nitrogens is 2. The van der Waals surface area contributed by atoms with E-state index in [1.54, 1.807) is 14.0 Å². The largest absolute Gasteiger partial charge is 0.461 e. The summed E-state index contributed by atoms with van der Waals surface area (Å²) in [5.41, 5.74) is 0.403. The molecule has 0 bridgehead atoms. The van der Waals surface area contributed by atoms with Gasteiger partial charge in [0, 0.05) is 13.5 Å². The van der Waals surface area contributed by atoms with Crippen LogP contribution >= 0.6 is 0 Å². The minimum Gasteiger partial charge on any atom is -0.461 e. The number of rotatable bonds is 6. The fourth-order valence-corrected chi connectivity index (χ4v) is 1.66. The third-order valence-electron chi connectivity index (χ3n) is 2.82. The molecule has 5 heteroatoms. The van der Waals surface area contributed by atoms with Gasteiger partial charge >= 0.3 is 5.97 Å². The van der Waals surface area contributed by atoms with Gasteiger partial charge in [-0.3, -0.25) is 0 Å². The molecule has 0 unspecified atom stereocenters. The molecule has 0 aliphatic rings. The van der Waals surface area contributed by atoms with Crippen molar-refractivity contribution in [3.05, 3.63) is 17.2 Å². The lowest BCUT2D eigenvalue weighted by Crippen LogP contribution is -2.24. The molecular weight excluding hydrogens is 256 g/mol. The van der Waals surface area contributed by atoms with Crippen LogP contribution in [0, 0.1) is 0 Å². The predicted octanol–water partition coefficient (Wildman–Crippen LogP) is 3.45. The van der Waals surface area contributed by atoms with Gasteiger partial charge in [-0.25, -0.2) is 9.78 Å². The lowest BCUT2D eigenvalue weighted by Gasteiger charge is -2.22. The van der Waals surface area contributed by atoms with Crippen LogP contribution in [0.2, 0.25) is 0 Å². The lowest BCUT2D eigenvalue weighted by atomic mass is 10.0. The molecular formula is C15H28N2O3. The fraction of sp³-hybridized carbons (Fsp3) is 0.733. The molecule has 0 radical (unpaired) electrons. The fourth-order valence-electron chi connectivity index (χ4n) is 1.66. The number of nitrogens with one attached hydrogen (secondary N) is 1. The minimum atomic E-state index is -0.596. The second kappa shape index (κ2) is 8.74. The van der Waals surface area contributed by atoms with E-state index in [9.17, 15) is 4.79 Å². The molecule has 0 aliphatic heterocycles. The number of H-pyrrole nitrogens is 1. The summed E-state index contributed by atoms with van der Waals surface area (Å²) >= 11 is 0. The van der Waals surface area contributed by atoms with E-state index >= 15 is 0 Å². The van der Waals surface area contributed by atoms with Crippen molar-refractivity contribution in [2.45, 2.75) is 60.0 Å². The van der Waals surface area contributed by atoms with Crippen molar-refractivity contribution >= 4 is 5.97 Å². The van der Waals surface area contributed by atoms with Crippen molar-refractivity contribution in [3.63, 3.8) is 0 Å². The quantitative estimate of drug-likeness (QED) is 0.813. The van der Waals surface area contributed by atoms with E-state index in [0.29, 0.717) is 18.0 Å². The predicted molar refractivity (Wildman–Crippen MR) is 79.9 cm³/mol. The number of esters is 1. The molecule has 0 spiro atoms. The van der Waals surface area contributed by atoms with Gasteiger partial charge in [0.25, 0.3) is 0 Å². The number of carbonyl (C=O) groups is 1. The van der Waals surface area contributed by atoms with E-state index in [-0.39, 0.29) is 0 Å². The topological polar surface area (TPSA) is 64.2 Å². The summed E-state index contributed by atoms with van der Waals surface area (Å²) in [7, 11) is 1.61. The highest BCUT2D eigenvalue weighted by molar-refractivity contribution is 5.89. The number of hydrogen-bond donors (Lipinski definition) is 1. The number of methoxy groups -OCH3 is 1. The maximum atomic E-state index is 11.9. The standard InChI is InChI=1S/C13H22N2O3.C2H6/c1-6-8-9-14-10(12(16)18-7-2)11(15-9)13(3,4)17-5;1-2/h6-8H2,1-5H3,(H,14,15);1-2H3. The summed E-state index contributed by atoms with van der Waals surface area (Å²) in [5.74, 6) is 0.386. The number of ether oxygens (including phenoxy) is 2. The first-order chi connectivity index (χ1) is 9.46. The Morgan fingerprint density at radius 3 is 2.35 bits per heavy atom. The van der Waals surface area contributed by atoms with Crippen molar-refractivity contribution in [2.24, 2.45) is 0 Å². The highest BCUT2D eigenvalue weighted by Crippen LogP contribution is 2.26. The van der Waals surface area contributed by atoms with Crippen LogP contribution in [0.15, 0.2) is 0 Å². The Labute approximate surface area is 122 Å². The van der Waals surface area contributed by atoms with Crippen LogP contribution in [0.3, 0.4) is 0 Å². The highest BCUT2D eigenvalue weighted by Gasteiger charge is 2.30. The first-order valence-electron chi connectivity index (χ1n) is 7.27. The Balaban J connectivity index is 0.00000172. The second-order valence-corrected chi connectivity index (χ2v) is 4.59. The van der Waals surface area contributed by atoms with Gasteiger partial charge in [-0.1, -0.05) is 20.8 Å². The zero-order valence-corrected chi connectivity index (χ0v) is 13.8. The van der Waals surface area contributed by atoms with Gasteiger partial charge < -0.3 is 14.5 Å². The Bertz CT molecular complexity index is 411. The van der Waals surface area contributed by atoms with Gasteiger partial charge in [0.15, 0.2) is 5.69 Å². The average Bonchev–Trinajstić information content (AvgIpc) is 2.87. The maximum Gasteiger partial charge on any atom is 0.358 e. The normalized spacial score (nSPS) is 10.8. The first kappa shape index (κ1) is 18.6.